The molecule has 0 aliphatic rings. The number of rotatable bonds is 1. The van der Waals surface area contributed by atoms with Crippen LogP contribution in [-0.4, -0.2) is 11.0 Å². The summed E-state index contributed by atoms with van der Waals surface area (Å²) in [5.41, 5.74) is 0. The molecule has 0 aromatic heterocycles. The summed E-state index contributed by atoms with van der Waals surface area (Å²) in [5.74, 6) is 0. The van der Waals surface area contributed by atoms with Crippen LogP contribution >= 0.6 is 15.9 Å². The average Bonchev–Trinajstić information content (AvgIpc) is 1.57. The zero-order chi connectivity index (χ0) is 8.41. The van der Waals surface area contributed by atoms with E-state index in [9.17, 15) is 22.0 Å². The van der Waals surface area contributed by atoms with E-state index in [-0.39, 0.29) is 6.08 Å². The Morgan fingerprint density at radius 1 is 0.900 bits per heavy atom. The number of hydrogen-bond donors (Lipinski definition) is 0. The summed E-state index contributed by atoms with van der Waals surface area (Å²) in [7, 11) is 0. The van der Waals surface area contributed by atoms with Crippen LogP contribution < -0.4 is 0 Å². The fourth-order valence-electron chi connectivity index (χ4n) is 0.189. The second-order valence-corrected chi connectivity index (χ2v) is 2.47. The number of alkyl halides is 6. The Morgan fingerprint density at radius 3 is 1.40 bits per heavy atom. The van der Waals surface area contributed by atoms with E-state index in [0.29, 0.717) is 0 Å². The summed E-state index contributed by atoms with van der Waals surface area (Å²) < 4.78 is 56.6. The van der Waals surface area contributed by atoms with Crippen LogP contribution in [0, 0.1) is 0 Å². The summed E-state index contributed by atoms with van der Waals surface area (Å²) in [6.07, 6.45) is -5.48. The molecule has 60 valence electrons. The highest BCUT2D eigenvalue weighted by Crippen LogP contribution is 2.26. The normalized spacial score (nSPS) is 14.6. The molecule has 0 saturated carbocycles. The van der Waals surface area contributed by atoms with Gasteiger partial charge in [0.1, 0.15) is 0 Å². The Hall–Kier alpha value is -0.130. The Kier molecular flexibility index (Phi) is 2.82. The maximum atomic E-state index is 11.6. The van der Waals surface area contributed by atoms with Crippen LogP contribution in [0.15, 0.2) is 12.2 Å². The molecule has 0 aliphatic heterocycles. The van der Waals surface area contributed by atoms with Crippen molar-refractivity contribution in [3.05, 3.63) is 12.2 Å². The van der Waals surface area contributed by atoms with Gasteiger partial charge in [0.15, 0.2) is 0 Å². The van der Waals surface area contributed by atoms with Crippen molar-refractivity contribution in [2.45, 2.75) is 11.0 Å². The van der Waals surface area contributed by atoms with E-state index < -0.39 is 17.1 Å². The Morgan fingerprint density at radius 2 is 1.30 bits per heavy atom. The number of halogens is 6. The second kappa shape index (κ2) is 2.86. The first kappa shape index (κ1) is 9.87. The van der Waals surface area contributed by atoms with Crippen molar-refractivity contribution in [2.24, 2.45) is 0 Å². The zero-order valence-electron chi connectivity index (χ0n) is 4.42. The van der Waals surface area contributed by atoms with Gasteiger partial charge in [0, 0.05) is 12.2 Å². The summed E-state index contributed by atoms with van der Waals surface area (Å²) >= 11 is 1.71. The minimum atomic E-state index is -4.68. The van der Waals surface area contributed by atoms with Gasteiger partial charge >= 0.3 is 11.0 Å². The molecule has 0 nitrogen and oxygen atoms in total. The SMILES string of the molecule is FC(F)(F)/C=C/C(F)(F)Br. The van der Waals surface area contributed by atoms with Crippen LogP contribution in [0.3, 0.4) is 0 Å². The van der Waals surface area contributed by atoms with Gasteiger partial charge in [0.2, 0.25) is 0 Å². The maximum absolute atomic E-state index is 11.6. The largest absolute Gasteiger partial charge is 0.409 e. The molecule has 0 aromatic rings. The van der Waals surface area contributed by atoms with Crippen molar-refractivity contribution in [3.8, 4) is 0 Å². The molecular formula is C4H2BrF5. The van der Waals surface area contributed by atoms with E-state index >= 15 is 0 Å². The first-order valence-electron chi connectivity index (χ1n) is 2.04. The van der Waals surface area contributed by atoms with E-state index in [1.165, 1.54) is 0 Å². The molecule has 0 amide bonds. The van der Waals surface area contributed by atoms with Crippen molar-refractivity contribution >= 4 is 15.9 Å². The summed E-state index contributed by atoms with van der Waals surface area (Å²) in [6.45, 7) is 0. The Labute approximate surface area is 61.8 Å². The van der Waals surface area contributed by atoms with Crippen LogP contribution in [-0.2, 0) is 0 Å². The molecule has 10 heavy (non-hydrogen) atoms. The highest BCUT2D eigenvalue weighted by atomic mass is 79.9. The summed E-state index contributed by atoms with van der Waals surface area (Å²) in [4.78, 5) is -3.58. The quantitative estimate of drug-likeness (QED) is 0.365. The topological polar surface area (TPSA) is 0 Å². The van der Waals surface area contributed by atoms with Gasteiger partial charge in [0.25, 0.3) is 0 Å². The highest BCUT2D eigenvalue weighted by molar-refractivity contribution is 9.10. The lowest BCUT2D eigenvalue weighted by atomic mass is 10.5. The predicted octanol–water partition coefficient (Wildman–Crippen LogP) is 3.09. The fourth-order valence-corrected chi connectivity index (χ4v) is 0.321. The van der Waals surface area contributed by atoms with Crippen LogP contribution in [0.5, 0.6) is 0 Å². The third-order valence-electron chi connectivity index (χ3n) is 0.461. The predicted molar refractivity (Wildman–Crippen MR) is 29.1 cm³/mol. The van der Waals surface area contributed by atoms with Crippen molar-refractivity contribution < 1.29 is 22.0 Å². The van der Waals surface area contributed by atoms with E-state index in [0.717, 1.165) is 0 Å². The molecule has 0 heterocycles. The monoisotopic (exact) mass is 224 g/mol. The molecule has 6 heteroatoms. The van der Waals surface area contributed by atoms with Gasteiger partial charge in [-0.15, -0.1) is 0 Å². The molecule has 0 aromatic carbocycles. The van der Waals surface area contributed by atoms with Crippen LogP contribution in [0.4, 0.5) is 22.0 Å². The molecule has 0 atom stereocenters. The Bertz CT molecular complexity index is 114. The van der Waals surface area contributed by atoms with E-state index in [1.54, 1.807) is 15.9 Å². The van der Waals surface area contributed by atoms with Crippen molar-refractivity contribution in [1.29, 1.82) is 0 Å². The maximum Gasteiger partial charge on any atom is 0.409 e. The molecule has 0 aliphatic carbocycles. The smallest absolute Gasteiger partial charge is 0.189 e. The summed E-state index contributed by atoms with van der Waals surface area (Å²) in [6, 6.07) is 0. The molecule has 0 spiro atoms. The number of allylic oxidation sites excluding steroid dienone is 2. The lowest BCUT2D eigenvalue weighted by Gasteiger charge is -2.01. The molecular weight excluding hydrogens is 223 g/mol. The molecule has 0 fully saturated rings. The first-order valence-corrected chi connectivity index (χ1v) is 2.84. The minimum absolute atomic E-state index is 0.271. The van der Waals surface area contributed by atoms with Crippen molar-refractivity contribution in [1.82, 2.24) is 0 Å². The van der Waals surface area contributed by atoms with E-state index in [1.807, 2.05) is 0 Å². The van der Waals surface area contributed by atoms with Gasteiger partial charge in [-0.1, -0.05) is 0 Å². The van der Waals surface area contributed by atoms with Gasteiger partial charge in [-0.25, -0.2) is 0 Å². The summed E-state index contributed by atoms with van der Waals surface area (Å²) in [5, 5.41) is 0. The number of hydrogen-bond acceptors (Lipinski definition) is 0. The molecule has 0 radical (unpaired) electrons. The van der Waals surface area contributed by atoms with Gasteiger partial charge in [0.05, 0.1) is 0 Å². The molecule has 0 rings (SSSR count). The van der Waals surface area contributed by atoms with Crippen LogP contribution in [0.25, 0.3) is 0 Å². The third-order valence-corrected chi connectivity index (χ3v) is 0.726. The fraction of sp³-hybridized carbons (Fsp3) is 0.500. The highest BCUT2D eigenvalue weighted by Gasteiger charge is 2.27. The third kappa shape index (κ3) is 7.87. The van der Waals surface area contributed by atoms with Crippen molar-refractivity contribution in [2.75, 3.05) is 0 Å². The van der Waals surface area contributed by atoms with Crippen molar-refractivity contribution in [3.63, 3.8) is 0 Å². The lowest BCUT2D eigenvalue weighted by Crippen LogP contribution is -2.05. The minimum Gasteiger partial charge on any atom is -0.189 e. The zero-order valence-corrected chi connectivity index (χ0v) is 6.01. The van der Waals surface area contributed by atoms with Crippen LogP contribution in [0.1, 0.15) is 0 Å². The second-order valence-electron chi connectivity index (χ2n) is 1.42. The first-order chi connectivity index (χ1) is 4.21. The van der Waals surface area contributed by atoms with E-state index in [2.05, 4.69) is 0 Å². The molecule has 0 unspecified atom stereocenters. The molecule has 0 saturated heterocycles. The van der Waals surface area contributed by atoms with Gasteiger partial charge in [-0.05, 0) is 15.9 Å². The van der Waals surface area contributed by atoms with Gasteiger partial charge in [-0.3, -0.25) is 0 Å². The molecule has 0 bridgehead atoms. The standard InChI is InChI=1S/C4H2BrF5/c5-3(6,7)1-2-4(8,9)10/h1-2H/b2-1+. The molecule has 0 N–H and O–H groups in total. The van der Waals surface area contributed by atoms with Gasteiger partial charge in [-0.2, -0.15) is 22.0 Å². The average molecular weight is 225 g/mol. The lowest BCUT2D eigenvalue weighted by molar-refractivity contribution is -0.0809. The van der Waals surface area contributed by atoms with Gasteiger partial charge < -0.3 is 0 Å². The van der Waals surface area contributed by atoms with E-state index in [4.69, 9.17) is 0 Å². The Balaban J connectivity index is 4.01. The van der Waals surface area contributed by atoms with Crippen LogP contribution in [0.2, 0.25) is 0 Å².